The molecular weight excluding hydrogens is 838 g/mol. The largest absolute Gasteiger partial charge is 1.00 e. The molecule has 0 spiro atoms. The van der Waals surface area contributed by atoms with Crippen molar-refractivity contribution < 1.29 is 57.2 Å². The van der Waals surface area contributed by atoms with E-state index in [1.165, 1.54) is 39.2 Å². The third-order valence-corrected chi connectivity index (χ3v) is 13.8. The zero-order chi connectivity index (χ0) is 44.1. The number of hydrogen-bond acceptors (Lipinski definition) is 9. The number of allylic oxidation sites excluding steroid dienone is 8. The van der Waals surface area contributed by atoms with E-state index in [1.807, 2.05) is 0 Å². The molecular formula is C51H58N3NaO6S2. The van der Waals surface area contributed by atoms with E-state index in [1.54, 1.807) is 0 Å². The van der Waals surface area contributed by atoms with Crippen LogP contribution in [0.2, 0.25) is 0 Å². The van der Waals surface area contributed by atoms with Crippen LogP contribution in [0.5, 0.6) is 0 Å². The summed E-state index contributed by atoms with van der Waals surface area (Å²) in [4.78, 5) is 4.64. The van der Waals surface area contributed by atoms with Crippen LogP contribution in [0.3, 0.4) is 0 Å². The maximum absolute atomic E-state index is 11.7. The van der Waals surface area contributed by atoms with Crippen LogP contribution in [-0.4, -0.2) is 43.3 Å². The molecule has 2 aliphatic heterocycles. The van der Waals surface area contributed by atoms with Gasteiger partial charge in [-0.25, -0.2) is 8.42 Å². The van der Waals surface area contributed by atoms with E-state index in [4.69, 9.17) is 0 Å². The van der Waals surface area contributed by atoms with Crippen molar-refractivity contribution >= 4 is 50.6 Å². The maximum Gasteiger partial charge on any atom is 1.00 e. The standard InChI is InChI=1S/C51H59N3O6S2.Na/c1-37-23-27-45-43(35-37)50(3,4)47(52(45)31-15-33-61-60-59-55)29-25-39-17-13-14-18-40(49(39)54(41-19-9-7-10-20-41)42-21-11-8-12-22-42)26-30-48-51(5,6)44-36-38(2)24-28-46(44)53(48)32-16-34-62(56,57)58;/h7-12,19-30,35-36H,13-18,31-34H2,1-6H3,(H-,55,56,57,58);/q;+1/p-1. The molecule has 63 heavy (non-hydrogen) atoms. The quantitative estimate of drug-likeness (QED) is 0.0185. The van der Waals surface area contributed by atoms with Crippen molar-refractivity contribution in [3.8, 4) is 0 Å². The summed E-state index contributed by atoms with van der Waals surface area (Å²) in [5.74, 6) is 0.197. The summed E-state index contributed by atoms with van der Waals surface area (Å²) in [5, 5.41) is 14.1. The van der Waals surface area contributed by atoms with Crippen molar-refractivity contribution in [3.63, 3.8) is 0 Å². The Bertz CT molecular complexity index is 2490. The van der Waals surface area contributed by atoms with E-state index >= 15 is 0 Å². The SMILES string of the molecule is Cc1ccc2c(c1)C(C)(C)/C(=C\C=C1/CCCC/C(=C\C=C3\N(CCCS(=O)(=O)[O-])c4ccc(C)cc4C3(C)C)C1=[N+](c1ccccc1)c1ccccc1)N2CCCSOO[O-].[Na+]. The van der Waals surface area contributed by atoms with Crippen LogP contribution in [0, 0.1) is 13.8 Å². The first-order chi connectivity index (χ1) is 29.7. The van der Waals surface area contributed by atoms with Crippen molar-refractivity contribution in [2.24, 2.45) is 0 Å². The van der Waals surface area contributed by atoms with Gasteiger partial charge >= 0.3 is 29.6 Å². The molecule has 0 atom stereocenters. The molecule has 0 unspecified atom stereocenters. The third kappa shape index (κ3) is 11.0. The summed E-state index contributed by atoms with van der Waals surface area (Å²) >= 11 is 1.02. The Morgan fingerprint density at radius 1 is 0.698 bits per heavy atom. The van der Waals surface area contributed by atoms with E-state index in [0.717, 1.165) is 84.7 Å². The summed E-state index contributed by atoms with van der Waals surface area (Å²) in [6.07, 6.45) is 14.0. The number of anilines is 2. The molecule has 1 fully saturated rings. The summed E-state index contributed by atoms with van der Waals surface area (Å²) in [5.41, 5.74) is 14.4. The monoisotopic (exact) mass is 895 g/mol. The van der Waals surface area contributed by atoms with Crippen molar-refractivity contribution in [3.05, 3.63) is 166 Å². The molecule has 3 aliphatic rings. The van der Waals surface area contributed by atoms with Gasteiger partial charge in [0.1, 0.15) is 0 Å². The van der Waals surface area contributed by atoms with Gasteiger partial charge in [0.25, 0.3) is 0 Å². The Morgan fingerprint density at radius 2 is 1.16 bits per heavy atom. The molecule has 1 aliphatic carbocycles. The van der Waals surface area contributed by atoms with Gasteiger partial charge in [0, 0.05) is 106 Å². The van der Waals surface area contributed by atoms with Gasteiger partial charge in [0.2, 0.25) is 17.1 Å². The van der Waals surface area contributed by atoms with Gasteiger partial charge in [-0.15, -0.1) is 0 Å². The number of aryl methyl sites for hydroxylation is 2. The number of fused-ring (bicyclic) bond motifs is 2. The number of benzene rings is 4. The minimum Gasteiger partial charge on any atom is -0.748 e. The average Bonchev–Trinajstić information content (AvgIpc) is 3.44. The van der Waals surface area contributed by atoms with Crippen LogP contribution in [0.1, 0.15) is 88.5 Å². The molecule has 1 saturated carbocycles. The molecule has 4 aromatic carbocycles. The van der Waals surface area contributed by atoms with E-state index in [2.05, 4.69) is 187 Å². The first kappa shape index (κ1) is 48.7. The van der Waals surface area contributed by atoms with Crippen molar-refractivity contribution in [2.75, 3.05) is 34.4 Å². The normalized spacial score (nSPS) is 19.4. The van der Waals surface area contributed by atoms with Crippen LogP contribution >= 0.6 is 12.0 Å². The molecule has 4 aromatic rings. The predicted molar refractivity (Wildman–Crippen MR) is 252 cm³/mol. The zero-order valence-corrected chi connectivity index (χ0v) is 41.4. The first-order valence-electron chi connectivity index (χ1n) is 21.6. The van der Waals surface area contributed by atoms with E-state index in [-0.39, 0.29) is 46.8 Å². The average molecular weight is 896 g/mol. The Balaban J connectivity index is 0.00000661. The summed E-state index contributed by atoms with van der Waals surface area (Å²) < 4.78 is 42.2. The van der Waals surface area contributed by atoms with Gasteiger partial charge in [-0.05, 0) is 87.8 Å². The molecule has 0 N–H and O–H groups in total. The second-order valence-electron chi connectivity index (χ2n) is 17.6. The first-order valence-corrected chi connectivity index (χ1v) is 24.1. The van der Waals surface area contributed by atoms with Crippen LogP contribution in [0.4, 0.5) is 22.7 Å². The minimum absolute atomic E-state index is 0. The van der Waals surface area contributed by atoms with Gasteiger partial charge in [-0.2, -0.15) is 8.91 Å². The van der Waals surface area contributed by atoms with Gasteiger partial charge in [0.05, 0.1) is 10.1 Å². The number of rotatable bonds is 14. The molecule has 0 amide bonds. The fraction of sp³-hybridized carbons (Fsp3) is 0.353. The van der Waals surface area contributed by atoms with Crippen molar-refractivity contribution in [2.45, 2.75) is 90.9 Å². The topological polar surface area (TPSA) is 108 Å². The second-order valence-corrected chi connectivity index (χ2v) is 19.9. The maximum atomic E-state index is 11.7. The molecule has 9 nitrogen and oxygen atoms in total. The smallest absolute Gasteiger partial charge is 0.748 e. The summed E-state index contributed by atoms with van der Waals surface area (Å²) in [6.45, 7) is 14.5. The molecule has 7 rings (SSSR count). The molecule has 0 radical (unpaired) electrons. The van der Waals surface area contributed by atoms with E-state index < -0.39 is 15.9 Å². The fourth-order valence-electron chi connectivity index (χ4n) is 9.40. The molecule has 2 heterocycles. The Hall–Kier alpha value is -3.75. The Morgan fingerprint density at radius 3 is 1.60 bits per heavy atom. The van der Waals surface area contributed by atoms with Crippen LogP contribution in [-0.2, 0) is 30.3 Å². The van der Waals surface area contributed by atoms with Gasteiger partial charge < -0.3 is 19.6 Å². The van der Waals surface area contributed by atoms with Crippen LogP contribution < -0.4 is 49.2 Å². The molecule has 0 bridgehead atoms. The number of hydrogen-bond donors (Lipinski definition) is 0. The predicted octanol–water partition coefficient (Wildman–Crippen LogP) is 7.57. The molecule has 0 saturated heterocycles. The van der Waals surface area contributed by atoms with Gasteiger partial charge in [-0.1, -0.05) is 112 Å². The number of para-hydroxylation sites is 2. The van der Waals surface area contributed by atoms with Gasteiger partial charge in [-0.3, -0.25) is 5.04 Å². The fourth-order valence-corrected chi connectivity index (χ4v) is 10.2. The zero-order valence-electron chi connectivity index (χ0n) is 37.7. The summed E-state index contributed by atoms with van der Waals surface area (Å²) in [7, 11) is -4.36. The Labute approximate surface area is 401 Å². The summed E-state index contributed by atoms with van der Waals surface area (Å²) in [6, 6.07) is 34.3. The molecule has 326 valence electrons. The molecule has 0 aromatic heterocycles. The minimum atomic E-state index is -4.36. The number of nitrogens with zero attached hydrogens (tertiary/aromatic N) is 3. The van der Waals surface area contributed by atoms with Crippen molar-refractivity contribution in [1.29, 1.82) is 0 Å². The van der Waals surface area contributed by atoms with Crippen LogP contribution in [0.25, 0.3) is 0 Å². The van der Waals surface area contributed by atoms with Crippen molar-refractivity contribution in [1.82, 2.24) is 4.58 Å². The van der Waals surface area contributed by atoms with E-state index in [0.29, 0.717) is 12.3 Å². The van der Waals surface area contributed by atoms with Gasteiger partial charge in [0.15, 0.2) is 0 Å². The van der Waals surface area contributed by atoms with E-state index in [9.17, 15) is 18.2 Å². The third-order valence-electron chi connectivity index (χ3n) is 12.4. The second kappa shape index (κ2) is 21.0. The van der Waals surface area contributed by atoms with Crippen LogP contribution in [0.15, 0.2) is 144 Å². The molecule has 12 heteroatoms. The Kier molecular flexibility index (Phi) is 16.3.